The molecule has 0 aliphatic heterocycles. The van der Waals surface area contributed by atoms with Crippen LogP contribution in [0.4, 0.5) is 0 Å². The lowest BCUT2D eigenvalue weighted by Crippen LogP contribution is -2.26. The van der Waals surface area contributed by atoms with Crippen LogP contribution in [0.25, 0.3) is 0 Å². The Bertz CT molecular complexity index is 490. The number of aryl methyl sites for hydroxylation is 2. The standard InChI is InChI=1S/C18H32NO3PS/c1-2-3-4-5-6-7-8-16-9-11-17(12-10-16)13-14-18(19)15-22-23(20,21)24/h9-12,18H,2-8,13-15,19H2,1H3,(H2,20,21,24). The van der Waals surface area contributed by atoms with Crippen LogP contribution < -0.4 is 5.73 Å². The molecule has 1 rings (SSSR count). The predicted molar refractivity (Wildman–Crippen MR) is 104 cm³/mol. The summed E-state index contributed by atoms with van der Waals surface area (Å²) >= 11 is 4.40. The Hall–Kier alpha value is -0.290. The molecule has 0 aliphatic carbocycles. The van der Waals surface area contributed by atoms with E-state index in [1.807, 2.05) is 0 Å². The van der Waals surface area contributed by atoms with Crippen molar-refractivity contribution in [3.63, 3.8) is 0 Å². The molecule has 0 saturated heterocycles. The third-order valence-electron chi connectivity index (χ3n) is 4.10. The number of hydrogen-bond acceptors (Lipinski definition) is 3. The zero-order chi connectivity index (χ0) is 17.8. The molecule has 0 aromatic heterocycles. The topological polar surface area (TPSA) is 75.7 Å². The fourth-order valence-corrected chi connectivity index (χ4v) is 3.18. The lowest BCUT2D eigenvalue weighted by molar-refractivity contribution is 0.231. The van der Waals surface area contributed by atoms with E-state index in [1.165, 1.54) is 49.7 Å². The van der Waals surface area contributed by atoms with Gasteiger partial charge in [-0.3, -0.25) is 0 Å². The van der Waals surface area contributed by atoms with Crippen molar-refractivity contribution in [3.8, 4) is 0 Å². The minimum absolute atomic E-state index is 0.0837. The van der Waals surface area contributed by atoms with E-state index in [0.29, 0.717) is 0 Å². The largest absolute Gasteiger partial charge is 0.326 e. The summed E-state index contributed by atoms with van der Waals surface area (Å²) < 4.78 is 4.79. The first-order chi connectivity index (χ1) is 11.4. The molecular formula is C18H32NO3PS. The van der Waals surface area contributed by atoms with Crippen molar-refractivity contribution in [2.24, 2.45) is 5.73 Å². The Labute approximate surface area is 151 Å². The van der Waals surface area contributed by atoms with Gasteiger partial charge in [0.05, 0.1) is 6.61 Å². The van der Waals surface area contributed by atoms with Crippen LogP contribution in [0.3, 0.4) is 0 Å². The highest BCUT2D eigenvalue weighted by Gasteiger charge is 2.11. The number of benzene rings is 1. The van der Waals surface area contributed by atoms with Crippen molar-refractivity contribution in [2.75, 3.05) is 6.61 Å². The van der Waals surface area contributed by atoms with Crippen LogP contribution in [-0.2, 0) is 29.2 Å². The maximum atomic E-state index is 9.02. The monoisotopic (exact) mass is 373 g/mol. The van der Waals surface area contributed by atoms with Gasteiger partial charge in [0.2, 0.25) is 0 Å². The first kappa shape index (κ1) is 21.8. The normalized spacial score (nSPS) is 13.2. The van der Waals surface area contributed by atoms with Gasteiger partial charge in [-0.2, -0.15) is 0 Å². The maximum Gasteiger partial charge on any atom is 0.321 e. The molecule has 4 N–H and O–H groups in total. The summed E-state index contributed by atoms with van der Waals surface area (Å²) in [6.07, 6.45) is 10.7. The van der Waals surface area contributed by atoms with E-state index in [0.717, 1.165) is 19.3 Å². The first-order valence-electron chi connectivity index (χ1n) is 8.94. The molecule has 1 aromatic carbocycles. The second kappa shape index (κ2) is 12.1. The minimum atomic E-state index is -3.59. The maximum absolute atomic E-state index is 9.02. The Morgan fingerprint density at radius 3 is 2.12 bits per heavy atom. The molecule has 6 heteroatoms. The van der Waals surface area contributed by atoms with Gasteiger partial charge < -0.3 is 20.0 Å². The van der Waals surface area contributed by atoms with E-state index >= 15 is 0 Å². The zero-order valence-electron chi connectivity index (χ0n) is 14.7. The molecule has 0 radical (unpaired) electrons. The van der Waals surface area contributed by atoms with Crippen molar-refractivity contribution in [1.29, 1.82) is 0 Å². The lowest BCUT2D eigenvalue weighted by atomic mass is 10.0. The molecule has 0 amide bonds. The summed E-state index contributed by atoms with van der Waals surface area (Å²) in [5, 5.41) is 0. The first-order valence-corrected chi connectivity index (χ1v) is 11.6. The van der Waals surface area contributed by atoms with Crippen LogP contribution in [0.5, 0.6) is 0 Å². The van der Waals surface area contributed by atoms with Gasteiger partial charge in [0.25, 0.3) is 0 Å². The highest BCUT2D eigenvalue weighted by atomic mass is 32.5. The molecule has 0 saturated carbocycles. The molecule has 0 bridgehead atoms. The summed E-state index contributed by atoms with van der Waals surface area (Å²) in [6, 6.07) is 8.47. The van der Waals surface area contributed by atoms with Gasteiger partial charge in [0.15, 0.2) is 0 Å². The molecule has 24 heavy (non-hydrogen) atoms. The third-order valence-corrected chi connectivity index (χ3v) is 4.90. The van der Waals surface area contributed by atoms with E-state index in [-0.39, 0.29) is 12.6 Å². The molecule has 4 nitrogen and oxygen atoms in total. The number of hydrogen-bond donors (Lipinski definition) is 3. The summed E-state index contributed by atoms with van der Waals surface area (Å²) in [5.74, 6) is 0. The lowest BCUT2D eigenvalue weighted by Gasteiger charge is -2.14. The average Bonchev–Trinajstić information content (AvgIpc) is 2.54. The molecule has 0 spiro atoms. The van der Waals surface area contributed by atoms with Crippen LogP contribution in [0, 0.1) is 0 Å². The van der Waals surface area contributed by atoms with Gasteiger partial charge in [-0.15, -0.1) is 0 Å². The third kappa shape index (κ3) is 11.3. The fraction of sp³-hybridized carbons (Fsp3) is 0.667. The second-order valence-electron chi connectivity index (χ2n) is 6.42. The van der Waals surface area contributed by atoms with Gasteiger partial charge in [0, 0.05) is 6.04 Å². The highest BCUT2D eigenvalue weighted by Crippen LogP contribution is 2.36. The van der Waals surface area contributed by atoms with Crippen LogP contribution in [0.1, 0.15) is 63.0 Å². The molecular weight excluding hydrogens is 341 g/mol. The van der Waals surface area contributed by atoms with Crippen LogP contribution in [0.2, 0.25) is 0 Å². The molecule has 1 unspecified atom stereocenters. The second-order valence-corrected chi connectivity index (χ2v) is 9.09. The average molecular weight is 373 g/mol. The molecule has 1 aromatic rings. The minimum Gasteiger partial charge on any atom is -0.326 e. The Kier molecular flexibility index (Phi) is 11.0. The van der Waals surface area contributed by atoms with Crippen molar-refractivity contribution < 1.29 is 14.3 Å². The Morgan fingerprint density at radius 1 is 1.00 bits per heavy atom. The SMILES string of the molecule is CCCCCCCCc1ccc(CCC(N)COP(O)(O)=S)cc1. The van der Waals surface area contributed by atoms with Gasteiger partial charge in [0.1, 0.15) is 0 Å². The van der Waals surface area contributed by atoms with Crippen LogP contribution in [0.15, 0.2) is 24.3 Å². The van der Waals surface area contributed by atoms with E-state index in [9.17, 15) is 0 Å². The van der Waals surface area contributed by atoms with Gasteiger partial charge in [-0.05, 0) is 48.6 Å². The van der Waals surface area contributed by atoms with Crippen molar-refractivity contribution >= 4 is 18.5 Å². The molecule has 1 atom stereocenters. The van der Waals surface area contributed by atoms with Crippen LogP contribution >= 0.6 is 6.72 Å². The summed E-state index contributed by atoms with van der Waals surface area (Å²) in [7, 11) is 0. The van der Waals surface area contributed by atoms with Crippen molar-refractivity contribution in [3.05, 3.63) is 35.4 Å². The van der Waals surface area contributed by atoms with Crippen molar-refractivity contribution in [2.45, 2.75) is 70.8 Å². The Morgan fingerprint density at radius 2 is 1.54 bits per heavy atom. The van der Waals surface area contributed by atoms with E-state index in [4.69, 9.17) is 20.0 Å². The zero-order valence-corrected chi connectivity index (χ0v) is 16.4. The van der Waals surface area contributed by atoms with Gasteiger partial charge in [-0.25, -0.2) is 0 Å². The van der Waals surface area contributed by atoms with Gasteiger partial charge >= 0.3 is 6.72 Å². The summed E-state index contributed by atoms with van der Waals surface area (Å²) in [5.41, 5.74) is 8.53. The fourth-order valence-electron chi connectivity index (χ4n) is 2.61. The molecule has 0 heterocycles. The Balaban J connectivity index is 2.21. The predicted octanol–water partition coefficient (Wildman–Crippen LogP) is 4.08. The molecule has 138 valence electrons. The number of nitrogens with two attached hydrogens (primary N) is 1. The van der Waals surface area contributed by atoms with Gasteiger partial charge in [-0.1, -0.05) is 63.3 Å². The number of unbranched alkanes of at least 4 members (excludes halogenated alkanes) is 5. The van der Waals surface area contributed by atoms with E-state index in [1.54, 1.807) is 0 Å². The van der Waals surface area contributed by atoms with E-state index in [2.05, 4.69) is 43.0 Å². The summed E-state index contributed by atoms with van der Waals surface area (Å²) in [4.78, 5) is 18.0. The molecule has 0 aliphatic rings. The van der Waals surface area contributed by atoms with Crippen LogP contribution in [-0.4, -0.2) is 22.4 Å². The molecule has 0 fully saturated rings. The quantitative estimate of drug-likeness (QED) is 0.359. The highest BCUT2D eigenvalue weighted by molar-refractivity contribution is 8.06. The smallest absolute Gasteiger partial charge is 0.321 e. The summed E-state index contributed by atoms with van der Waals surface area (Å²) in [6.45, 7) is -1.26. The number of rotatable bonds is 13. The van der Waals surface area contributed by atoms with Crippen molar-refractivity contribution in [1.82, 2.24) is 0 Å². The van der Waals surface area contributed by atoms with E-state index < -0.39 is 6.72 Å².